The molecular formula is C10H17NO3. The second-order valence-corrected chi connectivity index (χ2v) is 3.71. The number of carbonyl (C=O) groups is 1. The first-order chi connectivity index (χ1) is 6.68. The van der Waals surface area contributed by atoms with Crippen molar-refractivity contribution in [1.29, 1.82) is 0 Å². The van der Waals surface area contributed by atoms with Crippen molar-refractivity contribution in [2.75, 3.05) is 13.2 Å². The van der Waals surface area contributed by atoms with Crippen LogP contribution in [0.1, 0.15) is 20.3 Å². The number of rotatable bonds is 3. The molecule has 0 aromatic heterocycles. The van der Waals surface area contributed by atoms with Gasteiger partial charge in [0.15, 0.2) is 0 Å². The summed E-state index contributed by atoms with van der Waals surface area (Å²) in [4.78, 5) is 11.1. The average Bonchev–Trinajstić information content (AvgIpc) is 2.16. The summed E-state index contributed by atoms with van der Waals surface area (Å²) in [6, 6.07) is 0. The molecule has 4 heteroatoms. The van der Waals surface area contributed by atoms with Gasteiger partial charge in [-0.05, 0) is 18.2 Å². The van der Waals surface area contributed by atoms with E-state index in [9.17, 15) is 4.79 Å². The summed E-state index contributed by atoms with van der Waals surface area (Å²) < 4.78 is 9.94. The fraction of sp³-hybridized carbons (Fsp3) is 0.700. The van der Waals surface area contributed by atoms with Gasteiger partial charge in [-0.15, -0.1) is 0 Å². The maximum atomic E-state index is 11.1. The van der Waals surface area contributed by atoms with Gasteiger partial charge in [0, 0.05) is 13.0 Å². The molecule has 80 valence electrons. The van der Waals surface area contributed by atoms with Crippen LogP contribution >= 0.6 is 0 Å². The first kappa shape index (κ1) is 10.9. The quantitative estimate of drug-likeness (QED) is 0.702. The van der Waals surface area contributed by atoms with Crippen LogP contribution in [-0.4, -0.2) is 25.4 Å². The fourth-order valence-corrected chi connectivity index (χ4v) is 1.07. The molecule has 0 aliphatic carbocycles. The minimum absolute atomic E-state index is 0.143. The maximum Gasteiger partial charge on any atom is 0.508 e. The summed E-state index contributed by atoms with van der Waals surface area (Å²) in [5, 5.41) is 3.03. The molecule has 0 amide bonds. The smallest absolute Gasteiger partial charge is 0.434 e. The molecule has 1 heterocycles. The highest BCUT2D eigenvalue weighted by molar-refractivity contribution is 5.60. The average molecular weight is 199 g/mol. The maximum absolute atomic E-state index is 11.1. The lowest BCUT2D eigenvalue weighted by atomic mass is 10.2. The van der Waals surface area contributed by atoms with E-state index in [1.807, 2.05) is 19.9 Å². The molecule has 0 fully saturated rings. The Balaban J connectivity index is 2.19. The summed E-state index contributed by atoms with van der Waals surface area (Å²) in [6.07, 6.45) is 3.70. The number of ether oxygens (including phenoxy) is 2. The van der Waals surface area contributed by atoms with Crippen molar-refractivity contribution in [3.05, 3.63) is 12.3 Å². The lowest BCUT2D eigenvalue weighted by molar-refractivity contribution is 0.0278. The number of carbonyl (C=O) groups excluding carboxylic acids is 1. The Morgan fingerprint density at radius 1 is 1.64 bits per heavy atom. The minimum atomic E-state index is -0.574. The highest BCUT2D eigenvalue weighted by atomic mass is 16.7. The van der Waals surface area contributed by atoms with Crippen molar-refractivity contribution in [1.82, 2.24) is 5.32 Å². The molecule has 14 heavy (non-hydrogen) atoms. The van der Waals surface area contributed by atoms with Crippen LogP contribution in [0.5, 0.6) is 0 Å². The first-order valence-electron chi connectivity index (χ1n) is 4.92. The molecule has 0 radical (unpaired) electrons. The van der Waals surface area contributed by atoms with Gasteiger partial charge in [0.1, 0.15) is 6.10 Å². The third-order valence-electron chi connectivity index (χ3n) is 1.78. The van der Waals surface area contributed by atoms with E-state index in [2.05, 4.69) is 5.32 Å². The van der Waals surface area contributed by atoms with Crippen LogP contribution in [0.4, 0.5) is 4.79 Å². The van der Waals surface area contributed by atoms with Gasteiger partial charge in [0.25, 0.3) is 0 Å². The van der Waals surface area contributed by atoms with Crippen molar-refractivity contribution in [3.8, 4) is 0 Å². The van der Waals surface area contributed by atoms with Gasteiger partial charge in [-0.3, -0.25) is 0 Å². The normalized spacial score (nSPS) is 20.4. The summed E-state index contributed by atoms with van der Waals surface area (Å²) in [6.45, 7) is 5.21. The fourth-order valence-electron chi connectivity index (χ4n) is 1.07. The van der Waals surface area contributed by atoms with Gasteiger partial charge >= 0.3 is 6.16 Å². The zero-order valence-electron chi connectivity index (χ0n) is 8.66. The van der Waals surface area contributed by atoms with E-state index in [4.69, 9.17) is 9.47 Å². The Kier molecular flexibility index (Phi) is 4.29. The molecule has 1 unspecified atom stereocenters. The van der Waals surface area contributed by atoms with Gasteiger partial charge in [0.05, 0.1) is 6.61 Å². The van der Waals surface area contributed by atoms with E-state index in [0.717, 1.165) is 13.0 Å². The van der Waals surface area contributed by atoms with Crippen molar-refractivity contribution >= 4 is 6.16 Å². The Hall–Kier alpha value is -1.19. The van der Waals surface area contributed by atoms with Crippen molar-refractivity contribution < 1.29 is 14.3 Å². The van der Waals surface area contributed by atoms with Crippen molar-refractivity contribution in [2.24, 2.45) is 5.92 Å². The minimum Gasteiger partial charge on any atom is -0.434 e. The van der Waals surface area contributed by atoms with Crippen LogP contribution in [0.3, 0.4) is 0 Å². The van der Waals surface area contributed by atoms with Crippen LogP contribution < -0.4 is 5.32 Å². The molecule has 0 aromatic rings. The van der Waals surface area contributed by atoms with E-state index in [1.54, 1.807) is 6.20 Å². The van der Waals surface area contributed by atoms with Crippen molar-refractivity contribution in [3.63, 3.8) is 0 Å². The molecule has 0 saturated heterocycles. The molecule has 1 rings (SSSR count). The standard InChI is InChI=1S/C10H17NO3/c1-8(2)7-13-10(12)14-9-3-5-11-6-4-9/h3,5,8-9,11H,4,6-7H2,1-2H3. The molecular weight excluding hydrogens is 182 g/mol. The second kappa shape index (κ2) is 5.52. The van der Waals surface area contributed by atoms with E-state index in [0.29, 0.717) is 12.5 Å². The monoisotopic (exact) mass is 199 g/mol. The van der Waals surface area contributed by atoms with Crippen LogP contribution in [0.25, 0.3) is 0 Å². The number of nitrogens with one attached hydrogen (secondary N) is 1. The van der Waals surface area contributed by atoms with Crippen LogP contribution in [0, 0.1) is 5.92 Å². The predicted octanol–water partition coefficient (Wildman–Crippen LogP) is 1.67. The molecule has 0 saturated carbocycles. The van der Waals surface area contributed by atoms with E-state index < -0.39 is 6.16 Å². The molecule has 0 bridgehead atoms. The van der Waals surface area contributed by atoms with Crippen molar-refractivity contribution in [2.45, 2.75) is 26.4 Å². The van der Waals surface area contributed by atoms with E-state index >= 15 is 0 Å². The number of hydrogen-bond acceptors (Lipinski definition) is 4. The third kappa shape index (κ3) is 4.16. The largest absolute Gasteiger partial charge is 0.508 e. The third-order valence-corrected chi connectivity index (χ3v) is 1.78. The summed E-state index contributed by atoms with van der Waals surface area (Å²) in [5.41, 5.74) is 0. The Morgan fingerprint density at radius 2 is 2.43 bits per heavy atom. The summed E-state index contributed by atoms with van der Waals surface area (Å²) in [7, 11) is 0. The molecule has 1 atom stereocenters. The second-order valence-electron chi connectivity index (χ2n) is 3.71. The Bertz CT molecular complexity index is 213. The highest BCUT2D eigenvalue weighted by Crippen LogP contribution is 2.05. The van der Waals surface area contributed by atoms with Gasteiger partial charge < -0.3 is 14.8 Å². The Labute approximate surface area is 84.3 Å². The topological polar surface area (TPSA) is 47.6 Å². The Morgan fingerprint density at radius 3 is 3.00 bits per heavy atom. The van der Waals surface area contributed by atoms with E-state index in [-0.39, 0.29) is 6.10 Å². The molecule has 4 nitrogen and oxygen atoms in total. The zero-order chi connectivity index (χ0) is 10.4. The van der Waals surface area contributed by atoms with Gasteiger partial charge in [-0.25, -0.2) is 4.79 Å². The lowest BCUT2D eigenvalue weighted by Crippen LogP contribution is -2.26. The van der Waals surface area contributed by atoms with Gasteiger partial charge in [-0.2, -0.15) is 0 Å². The van der Waals surface area contributed by atoms with Crippen LogP contribution in [0.2, 0.25) is 0 Å². The highest BCUT2D eigenvalue weighted by Gasteiger charge is 2.14. The molecule has 0 spiro atoms. The number of hydrogen-bond donors (Lipinski definition) is 1. The van der Waals surface area contributed by atoms with Gasteiger partial charge in [0.2, 0.25) is 0 Å². The molecule has 1 aliphatic rings. The molecule has 0 aromatic carbocycles. The first-order valence-corrected chi connectivity index (χ1v) is 4.92. The molecule has 1 aliphatic heterocycles. The lowest BCUT2D eigenvalue weighted by Gasteiger charge is -2.17. The summed E-state index contributed by atoms with van der Waals surface area (Å²) in [5.74, 6) is 0.339. The molecule has 1 N–H and O–H groups in total. The van der Waals surface area contributed by atoms with E-state index in [1.165, 1.54) is 0 Å². The predicted molar refractivity (Wildman–Crippen MR) is 52.8 cm³/mol. The summed E-state index contributed by atoms with van der Waals surface area (Å²) >= 11 is 0. The van der Waals surface area contributed by atoms with Crippen LogP contribution in [0.15, 0.2) is 12.3 Å². The van der Waals surface area contributed by atoms with Crippen LogP contribution in [-0.2, 0) is 9.47 Å². The SMILES string of the molecule is CC(C)COC(=O)OC1C=CNCC1. The zero-order valence-corrected chi connectivity index (χ0v) is 8.66. The van der Waals surface area contributed by atoms with Gasteiger partial charge in [-0.1, -0.05) is 13.8 Å².